The van der Waals surface area contributed by atoms with E-state index < -0.39 is 0 Å². The molecule has 228 valence electrons. The number of amidine groups is 1. The molecule has 1 aliphatic heterocycles. The Kier molecular flexibility index (Phi) is 5.69. The number of fused-ring (bicyclic) bond motifs is 11. The summed E-state index contributed by atoms with van der Waals surface area (Å²) in [5, 5.41) is 8.95. The highest BCUT2D eigenvalue weighted by Gasteiger charge is 2.39. The Morgan fingerprint density at radius 1 is 0.688 bits per heavy atom. The lowest BCUT2D eigenvalue weighted by molar-refractivity contribution is 0.666. The molecule has 1 aromatic heterocycles. The molecule has 10 rings (SSSR count). The first-order valence-electron chi connectivity index (χ1n) is 16.8. The number of allylic oxidation sites excluding steroid dienone is 2. The van der Waals surface area contributed by atoms with E-state index >= 15 is 0 Å². The monoisotopic (exact) mass is 615 g/mol. The van der Waals surface area contributed by atoms with Crippen molar-refractivity contribution in [3.8, 4) is 16.8 Å². The molecule has 3 heteroatoms. The van der Waals surface area contributed by atoms with E-state index in [-0.39, 0.29) is 11.5 Å². The number of nitrogens with one attached hydrogen (secondary N) is 1. The standard InChI is InChI=1S/C45H33N3/c1-45(2)36-24-11-8-21-33(36)39-40-35-23-10-13-26-38(35)48(43(40)32-20-7-6-19-31(32)41(39)45)30-18-14-17-29(27-30)44-46-37-25-12-9-22-34(37)42(47-44)28-15-4-3-5-16-28/h3-27,37H,1-2H3,(H,46,47). The lowest BCUT2D eigenvalue weighted by atomic mass is 9.79. The Labute approximate surface area is 279 Å². The smallest absolute Gasteiger partial charge is 0.134 e. The molecule has 0 radical (unpaired) electrons. The predicted octanol–water partition coefficient (Wildman–Crippen LogP) is 10.5. The molecule has 0 spiro atoms. The molecule has 6 aromatic carbocycles. The number of aromatic nitrogens is 1. The van der Waals surface area contributed by atoms with E-state index in [0.29, 0.717) is 0 Å². The van der Waals surface area contributed by atoms with Crippen LogP contribution in [0.3, 0.4) is 0 Å². The maximum atomic E-state index is 5.28. The molecule has 0 saturated heterocycles. The number of rotatable bonds is 3. The topological polar surface area (TPSA) is 29.3 Å². The fourth-order valence-corrected chi connectivity index (χ4v) is 8.50. The van der Waals surface area contributed by atoms with Crippen molar-refractivity contribution in [2.24, 2.45) is 4.99 Å². The molecule has 0 saturated carbocycles. The molecule has 1 unspecified atom stereocenters. The number of benzene rings is 6. The van der Waals surface area contributed by atoms with Crippen LogP contribution in [0.25, 0.3) is 55.1 Å². The molecule has 2 aliphatic carbocycles. The van der Waals surface area contributed by atoms with Crippen molar-refractivity contribution in [3.05, 3.63) is 180 Å². The van der Waals surface area contributed by atoms with E-state index in [1.165, 1.54) is 60.4 Å². The zero-order valence-corrected chi connectivity index (χ0v) is 26.9. The van der Waals surface area contributed by atoms with Gasteiger partial charge in [0, 0.05) is 44.0 Å². The first-order valence-corrected chi connectivity index (χ1v) is 16.8. The van der Waals surface area contributed by atoms with Crippen molar-refractivity contribution in [3.63, 3.8) is 0 Å². The minimum Gasteiger partial charge on any atom is -0.359 e. The Hall–Kier alpha value is -5.93. The largest absolute Gasteiger partial charge is 0.359 e. The lowest BCUT2D eigenvalue weighted by Gasteiger charge is -2.28. The van der Waals surface area contributed by atoms with Crippen LogP contribution in [0, 0.1) is 0 Å². The van der Waals surface area contributed by atoms with E-state index in [2.05, 4.69) is 175 Å². The van der Waals surface area contributed by atoms with Gasteiger partial charge in [-0.3, -0.25) is 0 Å². The third-order valence-corrected chi connectivity index (χ3v) is 10.6. The van der Waals surface area contributed by atoms with Gasteiger partial charge in [0.05, 0.1) is 22.8 Å². The van der Waals surface area contributed by atoms with Crippen molar-refractivity contribution in [2.75, 3.05) is 0 Å². The van der Waals surface area contributed by atoms with Crippen LogP contribution in [0.4, 0.5) is 0 Å². The van der Waals surface area contributed by atoms with E-state index in [4.69, 9.17) is 4.99 Å². The van der Waals surface area contributed by atoms with Gasteiger partial charge in [0.2, 0.25) is 0 Å². The quantitative estimate of drug-likeness (QED) is 0.211. The molecule has 1 N–H and O–H groups in total. The lowest BCUT2D eigenvalue weighted by Crippen LogP contribution is -2.39. The summed E-state index contributed by atoms with van der Waals surface area (Å²) in [6.07, 6.45) is 8.61. The molecular weight excluding hydrogens is 583 g/mol. The minimum atomic E-state index is -0.112. The van der Waals surface area contributed by atoms with Crippen molar-refractivity contribution in [1.82, 2.24) is 9.88 Å². The first-order chi connectivity index (χ1) is 23.6. The Balaban J connectivity index is 1.26. The van der Waals surface area contributed by atoms with E-state index in [9.17, 15) is 0 Å². The van der Waals surface area contributed by atoms with Gasteiger partial charge in [-0.25, -0.2) is 4.99 Å². The highest BCUT2D eigenvalue weighted by Crippen LogP contribution is 2.56. The Morgan fingerprint density at radius 2 is 1.42 bits per heavy atom. The molecular formula is C45H33N3. The molecule has 3 nitrogen and oxygen atoms in total. The number of aliphatic imine (C=N–C) groups is 1. The number of nitrogens with zero attached hydrogens (tertiary/aromatic N) is 2. The average molecular weight is 616 g/mol. The Morgan fingerprint density at radius 3 is 2.29 bits per heavy atom. The van der Waals surface area contributed by atoms with Gasteiger partial charge in [-0.05, 0) is 45.8 Å². The summed E-state index contributed by atoms with van der Waals surface area (Å²) in [5.41, 5.74) is 13.4. The average Bonchev–Trinajstić information content (AvgIpc) is 3.61. The zero-order valence-electron chi connectivity index (χ0n) is 26.9. The summed E-state index contributed by atoms with van der Waals surface area (Å²) in [5.74, 6) is 0.881. The highest BCUT2D eigenvalue weighted by molar-refractivity contribution is 6.27. The number of hydrogen-bond acceptors (Lipinski definition) is 2. The van der Waals surface area contributed by atoms with E-state index in [0.717, 1.165) is 28.3 Å². The van der Waals surface area contributed by atoms with Crippen LogP contribution in [0.2, 0.25) is 0 Å². The molecule has 0 amide bonds. The maximum Gasteiger partial charge on any atom is 0.134 e. The SMILES string of the molecule is CC1(C)c2ccccc2-c2c1c1ccccc1c1c2c2ccccc2n1-c1cccc(C2=NC(c3ccccc3)=C3C=CC=CC3N2)c1. The van der Waals surface area contributed by atoms with Crippen LogP contribution >= 0.6 is 0 Å². The van der Waals surface area contributed by atoms with Crippen molar-refractivity contribution in [1.29, 1.82) is 0 Å². The second-order valence-electron chi connectivity index (χ2n) is 13.6. The minimum absolute atomic E-state index is 0.0598. The van der Waals surface area contributed by atoms with Gasteiger partial charge in [-0.1, -0.05) is 147 Å². The summed E-state index contributed by atoms with van der Waals surface area (Å²) >= 11 is 0. The van der Waals surface area contributed by atoms with Gasteiger partial charge in [0.15, 0.2) is 0 Å². The molecule has 1 atom stereocenters. The predicted molar refractivity (Wildman–Crippen MR) is 201 cm³/mol. The number of hydrogen-bond donors (Lipinski definition) is 1. The fourth-order valence-electron chi connectivity index (χ4n) is 8.50. The molecule has 3 aliphatic rings. The summed E-state index contributed by atoms with van der Waals surface area (Å²) in [7, 11) is 0. The summed E-state index contributed by atoms with van der Waals surface area (Å²) in [4.78, 5) is 5.28. The second kappa shape index (κ2) is 10.0. The van der Waals surface area contributed by atoms with Gasteiger partial charge < -0.3 is 9.88 Å². The van der Waals surface area contributed by atoms with Gasteiger partial charge in [0.1, 0.15) is 5.84 Å². The fraction of sp³-hybridized carbons (Fsp3) is 0.0889. The third-order valence-electron chi connectivity index (χ3n) is 10.6. The third kappa shape index (κ3) is 3.73. The van der Waals surface area contributed by atoms with Crippen LogP contribution in [0.1, 0.15) is 36.1 Å². The van der Waals surface area contributed by atoms with Crippen molar-refractivity contribution in [2.45, 2.75) is 25.3 Å². The number of para-hydroxylation sites is 1. The van der Waals surface area contributed by atoms with Crippen LogP contribution in [-0.2, 0) is 5.41 Å². The van der Waals surface area contributed by atoms with Gasteiger partial charge >= 0.3 is 0 Å². The molecule has 48 heavy (non-hydrogen) atoms. The summed E-state index contributed by atoms with van der Waals surface area (Å²) in [6, 6.07) is 46.4. The van der Waals surface area contributed by atoms with Gasteiger partial charge in [-0.2, -0.15) is 0 Å². The van der Waals surface area contributed by atoms with Crippen LogP contribution in [0.5, 0.6) is 0 Å². The maximum absolute atomic E-state index is 5.28. The summed E-state index contributed by atoms with van der Waals surface area (Å²) in [6.45, 7) is 4.77. The highest BCUT2D eigenvalue weighted by atomic mass is 15.1. The van der Waals surface area contributed by atoms with Crippen LogP contribution in [0.15, 0.2) is 162 Å². The van der Waals surface area contributed by atoms with Gasteiger partial charge in [-0.15, -0.1) is 0 Å². The zero-order chi connectivity index (χ0) is 32.0. The molecule has 0 bridgehead atoms. The molecule has 2 heterocycles. The van der Waals surface area contributed by atoms with Crippen molar-refractivity contribution < 1.29 is 0 Å². The molecule has 7 aromatic rings. The molecule has 0 fully saturated rings. The Bertz CT molecular complexity index is 2610. The van der Waals surface area contributed by atoms with Crippen molar-refractivity contribution >= 4 is 44.1 Å². The van der Waals surface area contributed by atoms with Gasteiger partial charge in [0.25, 0.3) is 0 Å². The van der Waals surface area contributed by atoms with E-state index in [1.54, 1.807) is 0 Å². The van der Waals surface area contributed by atoms with Crippen LogP contribution < -0.4 is 5.32 Å². The van der Waals surface area contributed by atoms with Crippen LogP contribution in [-0.4, -0.2) is 16.4 Å². The van der Waals surface area contributed by atoms with E-state index in [1.807, 2.05) is 0 Å². The summed E-state index contributed by atoms with van der Waals surface area (Å²) < 4.78 is 2.48. The second-order valence-corrected chi connectivity index (χ2v) is 13.6. The normalized spacial score (nSPS) is 17.4. The first kappa shape index (κ1) is 27.2.